The van der Waals surface area contributed by atoms with Gasteiger partial charge in [0.2, 0.25) is 5.91 Å². The lowest BCUT2D eigenvalue weighted by molar-refractivity contribution is -0.268. The van der Waals surface area contributed by atoms with E-state index in [1.54, 1.807) is 12.1 Å². The molecule has 3 aromatic rings. The van der Waals surface area contributed by atoms with Gasteiger partial charge in [-0.1, -0.05) is 67.6 Å². The molecule has 0 aromatic heterocycles. The SMILES string of the molecule is CC(=O)NCc1ccc([C@@H]2O[C@H](CSc3ccccc3C(=O)O)[C@H](C)[C@H](c3ccc(CO)cc3)O2)cc1. The standard InChI is InChI=1S/C29H31NO6S/c1-18-25(17-37-26-6-4-3-5-24(26)28(33)34)35-29(23-13-7-20(8-14-23)15-30-19(2)32)36-27(18)22-11-9-21(16-31)10-12-22/h3-14,18,25,27,29,31H,15-17H2,1-2H3,(H,30,32)(H,33,34)/t18-,25+,27+,29+/m0/s1. The van der Waals surface area contributed by atoms with Crippen molar-refractivity contribution in [3.05, 3.63) is 101 Å². The van der Waals surface area contributed by atoms with Crippen LogP contribution in [0.2, 0.25) is 0 Å². The molecule has 1 amide bonds. The second-order valence-corrected chi connectivity index (χ2v) is 10.1. The van der Waals surface area contributed by atoms with Crippen LogP contribution in [-0.2, 0) is 27.4 Å². The first kappa shape index (κ1) is 26.9. The lowest BCUT2D eigenvalue weighted by atomic mass is 9.91. The van der Waals surface area contributed by atoms with Gasteiger partial charge in [0.05, 0.1) is 24.4 Å². The Morgan fingerprint density at radius 2 is 1.57 bits per heavy atom. The van der Waals surface area contributed by atoms with Gasteiger partial charge in [-0.2, -0.15) is 0 Å². The number of carbonyl (C=O) groups is 2. The highest BCUT2D eigenvalue weighted by Crippen LogP contribution is 2.43. The molecule has 194 valence electrons. The number of carbonyl (C=O) groups excluding carboxylic acids is 1. The maximum Gasteiger partial charge on any atom is 0.336 e. The predicted octanol–water partition coefficient (Wildman–Crippen LogP) is 5.10. The number of hydrogen-bond acceptors (Lipinski definition) is 6. The topological polar surface area (TPSA) is 105 Å². The lowest BCUT2D eigenvalue weighted by Crippen LogP contribution is -2.38. The first-order valence-corrected chi connectivity index (χ1v) is 13.1. The Balaban J connectivity index is 1.57. The second kappa shape index (κ2) is 12.4. The molecule has 8 heteroatoms. The van der Waals surface area contributed by atoms with Crippen LogP contribution >= 0.6 is 11.8 Å². The van der Waals surface area contributed by atoms with E-state index in [0.29, 0.717) is 17.2 Å². The number of ether oxygens (including phenoxy) is 2. The minimum absolute atomic E-state index is 0.0141. The molecule has 4 rings (SSSR count). The first-order valence-electron chi connectivity index (χ1n) is 12.1. The number of benzene rings is 3. The first-order chi connectivity index (χ1) is 17.9. The molecule has 4 atom stereocenters. The summed E-state index contributed by atoms with van der Waals surface area (Å²) >= 11 is 1.46. The third kappa shape index (κ3) is 6.78. The fourth-order valence-corrected chi connectivity index (χ4v) is 5.48. The van der Waals surface area contributed by atoms with Crippen molar-refractivity contribution >= 4 is 23.6 Å². The van der Waals surface area contributed by atoms with Crippen LogP contribution < -0.4 is 5.32 Å². The Labute approximate surface area is 220 Å². The van der Waals surface area contributed by atoms with Gasteiger partial charge in [0.25, 0.3) is 0 Å². The molecule has 1 heterocycles. The van der Waals surface area contributed by atoms with Gasteiger partial charge in [-0.3, -0.25) is 4.79 Å². The molecule has 0 saturated carbocycles. The molecule has 1 aliphatic rings. The van der Waals surface area contributed by atoms with Gasteiger partial charge in [-0.05, 0) is 28.8 Å². The maximum atomic E-state index is 11.7. The number of aliphatic hydroxyl groups is 1. The number of amides is 1. The van der Waals surface area contributed by atoms with E-state index in [4.69, 9.17) is 9.47 Å². The predicted molar refractivity (Wildman–Crippen MR) is 141 cm³/mol. The summed E-state index contributed by atoms with van der Waals surface area (Å²) in [6.07, 6.45) is -1.09. The lowest BCUT2D eigenvalue weighted by Gasteiger charge is -2.41. The normalized spacial score (nSPS) is 21.4. The number of rotatable bonds is 9. The van der Waals surface area contributed by atoms with Crippen LogP contribution in [0.1, 0.15) is 58.9 Å². The molecule has 0 bridgehead atoms. The number of nitrogens with one attached hydrogen (secondary N) is 1. The molecule has 1 aliphatic heterocycles. The molecule has 37 heavy (non-hydrogen) atoms. The van der Waals surface area contributed by atoms with E-state index in [0.717, 1.165) is 22.3 Å². The Bertz CT molecular complexity index is 1210. The molecule has 0 aliphatic carbocycles. The quantitative estimate of drug-likeness (QED) is 0.337. The van der Waals surface area contributed by atoms with Crippen molar-refractivity contribution in [1.29, 1.82) is 0 Å². The molecule has 0 unspecified atom stereocenters. The zero-order valence-electron chi connectivity index (χ0n) is 20.8. The van der Waals surface area contributed by atoms with E-state index in [-0.39, 0.29) is 36.2 Å². The van der Waals surface area contributed by atoms with Crippen LogP contribution in [0.4, 0.5) is 0 Å². The zero-order chi connectivity index (χ0) is 26.4. The van der Waals surface area contributed by atoms with Gasteiger partial charge in [0.1, 0.15) is 0 Å². The summed E-state index contributed by atoms with van der Waals surface area (Å²) in [5.41, 5.74) is 3.91. The van der Waals surface area contributed by atoms with Crippen LogP contribution in [0.5, 0.6) is 0 Å². The van der Waals surface area contributed by atoms with Crippen molar-refractivity contribution in [3.63, 3.8) is 0 Å². The van der Waals surface area contributed by atoms with Gasteiger partial charge in [0.15, 0.2) is 6.29 Å². The van der Waals surface area contributed by atoms with Crippen molar-refractivity contribution in [2.45, 2.75) is 50.4 Å². The van der Waals surface area contributed by atoms with Crippen LogP contribution in [0.15, 0.2) is 77.7 Å². The molecule has 3 N–H and O–H groups in total. The number of aliphatic hydroxyl groups excluding tert-OH is 1. The number of aromatic carboxylic acids is 1. The average Bonchev–Trinajstić information content (AvgIpc) is 2.92. The second-order valence-electron chi connectivity index (χ2n) is 9.09. The van der Waals surface area contributed by atoms with E-state index in [2.05, 4.69) is 12.2 Å². The van der Waals surface area contributed by atoms with Crippen molar-refractivity contribution in [3.8, 4) is 0 Å². The summed E-state index contributed by atoms with van der Waals surface area (Å²) in [5.74, 6) is -0.503. The van der Waals surface area contributed by atoms with Gasteiger partial charge in [-0.15, -0.1) is 11.8 Å². The largest absolute Gasteiger partial charge is 0.478 e. The third-order valence-corrected chi connectivity index (χ3v) is 7.60. The zero-order valence-corrected chi connectivity index (χ0v) is 21.6. The number of thioether (sulfide) groups is 1. The highest BCUT2D eigenvalue weighted by atomic mass is 32.2. The molecular weight excluding hydrogens is 490 g/mol. The van der Waals surface area contributed by atoms with Gasteiger partial charge in [0, 0.05) is 35.6 Å². The Morgan fingerprint density at radius 1 is 0.919 bits per heavy atom. The van der Waals surface area contributed by atoms with E-state index < -0.39 is 12.3 Å². The summed E-state index contributed by atoms with van der Waals surface area (Å²) in [6.45, 7) is 3.98. The maximum absolute atomic E-state index is 11.7. The fourth-order valence-electron chi connectivity index (χ4n) is 4.27. The third-order valence-electron chi connectivity index (χ3n) is 6.44. The van der Waals surface area contributed by atoms with Crippen molar-refractivity contribution < 1.29 is 29.3 Å². The van der Waals surface area contributed by atoms with E-state index in [1.165, 1.54) is 18.7 Å². The fraction of sp³-hybridized carbons (Fsp3) is 0.310. The summed E-state index contributed by atoms with van der Waals surface area (Å²) in [5, 5.41) is 21.8. The molecule has 1 saturated heterocycles. The van der Waals surface area contributed by atoms with E-state index in [9.17, 15) is 19.8 Å². The highest BCUT2D eigenvalue weighted by molar-refractivity contribution is 7.99. The van der Waals surface area contributed by atoms with Crippen LogP contribution in [0.3, 0.4) is 0 Å². The Kier molecular flexibility index (Phi) is 9.00. The van der Waals surface area contributed by atoms with Crippen LogP contribution in [0.25, 0.3) is 0 Å². The number of carboxylic acid groups (broad SMARTS) is 1. The van der Waals surface area contributed by atoms with E-state index in [1.807, 2.05) is 60.7 Å². The minimum Gasteiger partial charge on any atom is -0.478 e. The average molecular weight is 522 g/mol. The summed E-state index contributed by atoms with van der Waals surface area (Å²) in [4.78, 5) is 23.6. The number of hydrogen-bond donors (Lipinski definition) is 3. The monoisotopic (exact) mass is 521 g/mol. The van der Waals surface area contributed by atoms with Gasteiger partial charge in [-0.25, -0.2) is 4.79 Å². The smallest absolute Gasteiger partial charge is 0.336 e. The molecule has 0 radical (unpaired) electrons. The molecular formula is C29H31NO6S. The Morgan fingerprint density at radius 3 is 2.22 bits per heavy atom. The molecule has 7 nitrogen and oxygen atoms in total. The van der Waals surface area contributed by atoms with Crippen molar-refractivity contribution in [1.82, 2.24) is 5.32 Å². The van der Waals surface area contributed by atoms with Crippen LogP contribution in [-0.4, -0.2) is 33.9 Å². The summed E-state index contributed by atoms with van der Waals surface area (Å²) in [7, 11) is 0. The molecule has 3 aromatic carbocycles. The van der Waals surface area contributed by atoms with Crippen molar-refractivity contribution in [2.24, 2.45) is 5.92 Å². The van der Waals surface area contributed by atoms with Crippen molar-refractivity contribution in [2.75, 3.05) is 5.75 Å². The van der Waals surface area contributed by atoms with Gasteiger partial charge < -0.3 is 25.0 Å². The molecule has 1 fully saturated rings. The highest BCUT2D eigenvalue weighted by Gasteiger charge is 2.38. The summed E-state index contributed by atoms with van der Waals surface area (Å²) < 4.78 is 12.9. The van der Waals surface area contributed by atoms with Crippen LogP contribution in [0, 0.1) is 5.92 Å². The van der Waals surface area contributed by atoms with Gasteiger partial charge >= 0.3 is 5.97 Å². The molecule has 0 spiro atoms. The van der Waals surface area contributed by atoms with E-state index >= 15 is 0 Å². The summed E-state index contributed by atoms with van der Waals surface area (Å²) in [6, 6.07) is 22.4. The number of carboxylic acids is 1. The Hall–Kier alpha value is -3.17. The minimum atomic E-state index is -0.955.